The number of ether oxygens (including phenoxy) is 1. The largest absolute Gasteiger partial charge is 0.399 e. The minimum atomic E-state index is -0.457. The molecule has 2 rings (SSSR count). The molecule has 0 aliphatic rings. The van der Waals surface area contributed by atoms with Crippen molar-refractivity contribution in [1.29, 1.82) is 0 Å². The zero-order valence-corrected chi connectivity index (χ0v) is 8.61. The lowest BCUT2D eigenvalue weighted by molar-refractivity contribution is 0.174. The molecule has 0 atom stereocenters. The number of nitrogens with two attached hydrogens (primary N) is 1. The van der Waals surface area contributed by atoms with Gasteiger partial charge in [0.1, 0.15) is 12.4 Å². The fourth-order valence-corrected chi connectivity index (χ4v) is 1.26. The third kappa shape index (κ3) is 2.01. The first kappa shape index (κ1) is 10.6. The van der Waals surface area contributed by atoms with Gasteiger partial charge in [-0.1, -0.05) is 5.16 Å². The van der Waals surface area contributed by atoms with Gasteiger partial charge in [0.2, 0.25) is 0 Å². The summed E-state index contributed by atoms with van der Waals surface area (Å²) in [6.45, 7) is 0.216. The van der Waals surface area contributed by atoms with Crippen LogP contribution in [0.2, 0.25) is 0 Å². The Bertz CT molecular complexity index is 499. The molecule has 0 saturated heterocycles. The Morgan fingerprint density at radius 1 is 1.50 bits per heavy atom. The Labute approximate surface area is 91.0 Å². The van der Waals surface area contributed by atoms with Crippen LogP contribution in [0.3, 0.4) is 0 Å². The number of anilines is 1. The van der Waals surface area contributed by atoms with Crippen LogP contribution >= 0.6 is 0 Å². The van der Waals surface area contributed by atoms with Gasteiger partial charge in [0, 0.05) is 12.8 Å². The van der Waals surface area contributed by atoms with E-state index in [0.717, 1.165) is 0 Å². The molecule has 0 amide bonds. The lowest BCUT2D eigenvalue weighted by Gasteiger charge is -1.98. The second-order valence-electron chi connectivity index (χ2n) is 3.19. The van der Waals surface area contributed by atoms with Gasteiger partial charge in [-0.3, -0.25) is 0 Å². The summed E-state index contributed by atoms with van der Waals surface area (Å²) in [5.41, 5.74) is 6.17. The first-order chi connectivity index (χ1) is 7.70. The molecule has 1 aromatic heterocycles. The second-order valence-corrected chi connectivity index (χ2v) is 3.19. The fraction of sp³-hybridized carbons (Fsp3) is 0.200. The number of rotatable bonds is 3. The Balaban J connectivity index is 2.38. The summed E-state index contributed by atoms with van der Waals surface area (Å²) in [5, 5.41) is 3.63. The van der Waals surface area contributed by atoms with Crippen molar-refractivity contribution in [2.24, 2.45) is 0 Å². The van der Waals surface area contributed by atoms with Crippen molar-refractivity contribution in [2.75, 3.05) is 12.8 Å². The van der Waals surface area contributed by atoms with Crippen molar-refractivity contribution in [3.63, 3.8) is 0 Å². The third-order valence-electron chi connectivity index (χ3n) is 1.96. The van der Waals surface area contributed by atoms with Crippen molar-refractivity contribution < 1.29 is 13.7 Å². The van der Waals surface area contributed by atoms with Gasteiger partial charge in [0.15, 0.2) is 5.82 Å². The quantitative estimate of drug-likeness (QED) is 0.800. The summed E-state index contributed by atoms with van der Waals surface area (Å²) >= 11 is 0. The van der Waals surface area contributed by atoms with E-state index >= 15 is 0 Å². The highest BCUT2D eigenvalue weighted by atomic mass is 19.1. The first-order valence-corrected chi connectivity index (χ1v) is 4.57. The van der Waals surface area contributed by atoms with E-state index in [2.05, 4.69) is 10.1 Å². The molecule has 16 heavy (non-hydrogen) atoms. The molecule has 5 nitrogen and oxygen atoms in total. The molecule has 0 bridgehead atoms. The van der Waals surface area contributed by atoms with Crippen LogP contribution < -0.4 is 5.73 Å². The van der Waals surface area contributed by atoms with E-state index in [1.165, 1.54) is 25.3 Å². The predicted molar refractivity (Wildman–Crippen MR) is 54.8 cm³/mol. The average molecular weight is 223 g/mol. The zero-order valence-electron chi connectivity index (χ0n) is 8.61. The fourth-order valence-electron chi connectivity index (χ4n) is 1.26. The van der Waals surface area contributed by atoms with Crippen LogP contribution in [-0.2, 0) is 11.3 Å². The van der Waals surface area contributed by atoms with Crippen molar-refractivity contribution in [3.05, 3.63) is 29.8 Å². The van der Waals surface area contributed by atoms with Crippen LogP contribution in [0.5, 0.6) is 0 Å². The number of nitrogen functional groups attached to an aromatic ring is 1. The highest BCUT2D eigenvalue weighted by molar-refractivity contribution is 5.60. The SMILES string of the molecule is COCc1noc(-c2cc(N)ccc2F)n1. The molecule has 0 aliphatic heterocycles. The van der Waals surface area contributed by atoms with Crippen molar-refractivity contribution in [2.45, 2.75) is 6.61 Å². The summed E-state index contributed by atoms with van der Waals surface area (Å²) in [7, 11) is 1.51. The topological polar surface area (TPSA) is 74.2 Å². The molecule has 0 saturated carbocycles. The normalized spacial score (nSPS) is 10.6. The highest BCUT2D eigenvalue weighted by Crippen LogP contribution is 2.23. The monoisotopic (exact) mass is 223 g/mol. The van der Waals surface area contributed by atoms with Gasteiger partial charge in [-0.15, -0.1) is 0 Å². The summed E-state index contributed by atoms with van der Waals surface area (Å²) in [6.07, 6.45) is 0. The van der Waals surface area contributed by atoms with Crippen LogP contribution in [-0.4, -0.2) is 17.3 Å². The van der Waals surface area contributed by atoms with Crippen molar-refractivity contribution in [1.82, 2.24) is 10.1 Å². The molecular formula is C10H10FN3O2. The van der Waals surface area contributed by atoms with Gasteiger partial charge < -0.3 is 15.0 Å². The van der Waals surface area contributed by atoms with E-state index in [1.807, 2.05) is 0 Å². The van der Waals surface area contributed by atoms with Crippen LogP contribution in [0.1, 0.15) is 5.82 Å². The predicted octanol–water partition coefficient (Wildman–Crippen LogP) is 1.60. The Kier molecular flexibility index (Phi) is 2.82. The lowest BCUT2D eigenvalue weighted by atomic mass is 10.2. The second kappa shape index (κ2) is 4.28. The van der Waals surface area contributed by atoms with E-state index in [-0.39, 0.29) is 18.1 Å². The number of methoxy groups -OCH3 is 1. The molecule has 2 N–H and O–H groups in total. The van der Waals surface area contributed by atoms with E-state index in [9.17, 15) is 4.39 Å². The van der Waals surface area contributed by atoms with Gasteiger partial charge in [-0.2, -0.15) is 4.98 Å². The molecule has 1 aromatic carbocycles. The maximum absolute atomic E-state index is 13.4. The molecule has 0 fully saturated rings. The minimum Gasteiger partial charge on any atom is -0.399 e. The summed E-state index contributed by atoms with van der Waals surface area (Å²) < 4.78 is 23.2. The summed E-state index contributed by atoms with van der Waals surface area (Å²) in [6, 6.07) is 4.16. The zero-order chi connectivity index (χ0) is 11.5. The summed E-state index contributed by atoms with van der Waals surface area (Å²) in [5.74, 6) is -0.00186. The number of benzene rings is 1. The van der Waals surface area contributed by atoms with Crippen LogP contribution in [0.4, 0.5) is 10.1 Å². The number of hydrogen-bond donors (Lipinski definition) is 1. The standard InChI is InChI=1S/C10H10FN3O2/c1-15-5-9-13-10(16-14-9)7-4-6(12)2-3-8(7)11/h2-4H,5,12H2,1H3. The molecule has 0 radical (unpaired) electrons. The maximum atomic E-state index is 13.4. The number of hydrogen-bond acceptors (Lipinski definition) is 5. The van der Waals surface area contributed by atoms with Crippen molar-refractivity contribution in [3.8, 4) is 11.5 Å². The molecular weight excluding hydrogens is 213 g/mol. The molecule has 84 valence electrons. The summed E-state index contributed by atoms with van der Waals surface area (Å²) in [4.78, 5) is 3.97. The van der Waals surface area contributed by atoms with Gasteiger partial charge in [-0.25, -0.2) is 4.39 Å². The lowest BCUT2D eigenvalue weighted by Crippen LogP contribution is -1.91. The Morgan fingerprint density at radius 3 is 3.06 bits per heavy atom. The molecule has 0 unspecified atom stereocenters. The van der Waals surface area contributed by atoms with Gasteiger partial charge in [0.25, 0.3) is 5.89 Å². The molecule has 2 aromatic rings. The van der Waals surface area contributed by atoms with Crippen LogP contribution in [0.15, 0.2) is 22.7 Å². The van der Waals surface area contributed by atoms with Crippen LogP contribution in [0, 0.1) is 5.82 Å². The average Bonchev–Trinajstić information content (AvgIpc) is 2.71. The van der Waals surface area contributed by atoms with Gasteiger partial charge in [-0.05, 0) is 18.2 Å². The van der Waals surface area contributed by atoms with E-state index in [0.29, 0.717) is 11.5 Å². The number of aromatic nitrogens is 2. The van der Waals surface area contributed by atoms with Crippen molar-refractivity contribution >= 4 is 5.69 Å². The van der Waals surface area contributed by atoms with E-state index in [1.54, 1.807) is 0 Å². The Hall–Kier alpha value is -1.95. The molecule has 6 heteroatoms. The van der Waals surface area contributed by atoms with E-state index in [4.69, 9.17) is 15.0 Å². The Morgan fingerprint density at radius 2 is 2.31 bits per heavy atom. The number of nitrogens with zero attached hydrogens (tertiary/aromatic N) is 2. The van der Waals surface area contributed by atoms with Gasteiger partial charge >= 0.3 is 0 Å². The first-order valence-electron chi connectivity index (χ1n) is 4.57. The minimum absolute atomic E-state index is 0.0943. The van der Waals surface area contributed by atoms with Gasteiger partial charge in [0.05, 0.1) is 5.56 Å². The smallest absolute Gasteiger partial charge is 0.261 e. The molecule has 0 spiro atoms. The van der Waals surface area contributed by atoms with E-state index < -0.39 is 5.82 Å². The maximum Gasteiger partial charge on any atom is 0.261 e. The molecule has 1 heterocycles. The van der Waals surface area contributed by atoms with Crippen LogP contribution in [0.25, 0.3) is 11.5 Å². The number of halogens is 1. The molecule has 0 aliphatic carbocycles. The highest BCUT2D eigenvalue weighted by Gasteiger charge is 2.13. The third-order valence-corrected chi connectivity index (χ3v) is 1.96.